The number of rotatable bonds is 2. The van der Waals surface area contributed by atoms with Crippen LogP contribution >= 0.6 is 0 Å². The SMILES string of the molecule is Cc1cn([C@@]2(O)C[C@H](O)[C@@H](CO)O2)c(=O)[nH]c1=O. The number of aromatic nitrogens is 2. The van der Waals surface area contributed by atoms with E-state index in [1.807, 2.05) is 4.98 Å². The molecule has 0 amide bonds. The monoisotopic (exact) mass is 258 g/mol. The molecular formula is C10H14N2O6. The lowest BCUT2D eigenvalue weighted by Gasteiger charge is -2.24. The second kappa shape index (κ2) is 4.32. The number of hydrogen-bond acceptors (Lipinski definition) is 6. The first-order chi connectivity index (χ1) is 8.37. The first-order valence-electron chi connectivity index (χ1n) is 5.39. The van der Waals surface area contributed by atoms with Crippen LogP contribution in [0.5, 0.6) is 0 Å². The number of aliphatic hydroxyl groups is 3. The Hall–Kier alpha value is -1.48. The van der Waals surface area contributed by atoms with Crippen LogP contribution in [0.4, 0.5) is 0 Å². The van der Waals surface area contributed by atoms with Crippen molar-refractivity contribution in [2.75, 3.05) is 6.61 Å². The summed E-state index contributed by atoms with van der Waals surface area (Å²) < 4.78 is 5.86. The molecule has 0 bridgehead atoms. The highest BCUT2D eigenvalue weighted by atomic mass is 16.7. The average molecular weight is 258 g/mol. The standard InChI is InChI=1S/C10H14N2O6/c1-5-3-12(9(16)11-8(5)15)10(17)2-6(14)7(4-13)18-10/h3,6-7,13-14,17H,2,4H2,1H3,(H,11,15,16)/t6-,7+,10+/m0/s1. The van der Waals surface area contributed by atoms with Crippen molar-refractivity contribution >= 4 is 0 Å². The third-order valence-corrected chi connectivity index (χ3v) is 2.92. The normalized spacial score (nSPS) is 31.8. The molecule has 0 aromatic carbocycles. The van der Waals surface area contributed by atoms with Crippen LogP contribution in [-0.4, -0.2) is 43.7 Å². The van der Waals surface area contributed by atoms with Gasteiger partial charge in [-0.05, 0) is 6.92 Å². The van der Waals surface area contributed by atoms with E-state index >= 15 is 0 Å². The van der Waals surface area contributed by atoms with Crippen LogP contribution in [0.3, 0.4) is 0 Å². The van der Waals surface area contributed by atoms with E-state index in [1.165, 1.54) is 6.92 Å². The van der Waals surface area contributed by atoms with Gasteiger partial charge in [0.15, 0.2) is 0 Å². The number of nitrogens with zero attached hydrogens (tertiary/aromatic N) is 1. The summed E-state index contributed by atoms with van der Waals surface area (Å²) >= 11 is 0. The minimum atomic E-state index is -2.07. The van der Waals surface area contributed by atoms with Gasteiger partial charge in [-0.25, -0.2) is 9.36 Å². The van der Waals surface area contributed by atoms with Gasteiger partial charge in [0.05, 0.1) is 19.1 Å². The van der Waals surface area contributed by atoms with Crippen LogP contribution in [0, 0.1) is 6.92 Å². The molecule has 4 N–H and O–H groups in total. The maximum Gasteiger partial charge on any atom is 0.332 e. The number of H-pyrrole nitrogens is 1. The number of hydrogen-bond donors (Lipinski definition) is 4. The smallest absolute Gasteiger partial charge is 0.332 e. The molecule has 2 heterocycles. The largest absolute Gasteiger partial charge is 0.394 e. The highest BCUT2D eigenvalue weighted by Crippen LogP contribution is 2.31. The number of ether oxygens (including phenoxy) is 1. The van der Waals surface area contributed by atoms with Gasteiger partial charge in [-0.15, -0.1) is 0 Å². The topological polar surface area (TPSA) is 125 Å². The molecule has 1 fully saturated rings. The molecule has 0 saturated carbocycles. The number of aliphatic hydroxyl groups excluding tert-OH is 2. The molecule has 0 spiro atoms. The molecule has 1 saturated heterocycles. The van der Waals surface area contributed by atoms with Gasteiger partial charge in [0.2, 0.25) is 0 Å². The van der Waals surface area contributed by atoms with E-state index in [0.29, 0.717) is 0 Å². The van der Waals surface area contributed by atoms with Crippen molar-refractivity contribution in [2.45, 2.75) is 31.5 Å². The van der Waals surface area contributed by atoms with Crippen LogP contribution in [0.2, 0.25) is 0 Å². The number of nitrogens with one attached hydrogen (secondary N) is 1. The summed E-state index contributed by atoms with van der Waals surface area (Å²) in [4.78, 5) is 24.8. The van der Waals surface area contributed by atoms with E-state index in [4.69, 9.17) is 9.84 Å². The minimum absolute atomic E-state index is 0.216. The molecule has 0 aliphatic carbocycles. The Kier molecular flexibility index (Phi) is 3.11. The lowest BCUT2D eigenvalue weighted by molar-refractivity contribution is -0.258. The van der Waals surface area contributed by atoms with E-state index in [-0.39, 0.29) is 12.0 Å². The molecule has 8 heteroatoms. The van der Waals surface area contributed by atoms with E-state index in [0.717, 1.165) is 10.8 Å². The molecule has 0 radical (unpaired) electrons. The Morgan fingerprint density at radius 1 is 1.61 bits per heavy atom. The zero-order chi connectivity index (χ0) is 13.5. The van der Waals surface area contributed by atoms with Crippen LogP contribution in [0.1, 0.15) is 12.0 Å². The molecule has 1 aliphatic rings. The van der Waals surface area contributed by atoms with Crippen molar-refractivity contribution < 1.29 is 20.1 Å². The molecule has 1 aromatic heterocycles. The second-order valence-corrected chi connectivity index (χ2v) is 4.29. The van der Waals surface area contributed by atoms with Crippen molar-refractivity contribution in [3.05, 3.63) is 32.6 Å². The number of aromatic amines is 1. The molecule has 2 rings (SSSR count). The maximum atomic E-state index is 11.6. The lowest BCUT2D eigenvalue weighted by Crippen LogP contribution is -2.44. The van der Waals surface area contributed by atoms with Gasteiger partial charge in [-0.1, -0.05) is 0 Å². The molecule has 18 heavy (non-hydrogen) atoms. The molecule has 8 nitrogen and oxygen atoms in total. The Morgan fingerprint density at radius 3 is 2.83 bits per heavy atom. The summed E-state index contributed by atoms with van der Waals surface area (Å²) in [5.74, 6) is -2.07. The fourth-order valence-electron chi connectivity index (χ4n) is 1.91. The Bertz CT molecular complexity index is 564. The summed E-state index contributed by atoms with van der Waals surface area (Å²) in [6.45, 7) is 0.980. The first-order valence-corrected chi connectivity index (χ1v) is 5.39. The third kappa shape index (κ3) is 1.99. The summed E-state index contributed by atoms with van der Waals surface area (Å²) in [5.41, 5.74) is -1.19. The van der Waals surface area contributed by atoms with Gasteiger partial charge in [0.25, 0.3) is 11.5 Å². The van der Waals surface area contributed by atoms with Crippen LogP contribution in [0.15, 0.2) is 15.8 Å². The Morgan fingerprint density at radius 2 is 2.28 bits per heavy atom. The molecular weight excluding hydrogens is 244 g/mol. The van der Waals surface area contributed by atoms with Gasteiger partial charge in [-0.3, -0.25) is 9.78 Å². The van der Waals surface area contributed by atoms with Crippen molar-refractivity contribution in [1.82, 2.24) is 9.55 Å². The molecule has 0 unspecified atom stereocenters. The van der Waals surface area contributed by atoms with E-state index in [1.54, 1.807) is 0 Å². The summed E-state index contributed by atoms with van der Waals surface area (Å²) in [5, 5.41) is 28.7. The summed E-state index contributed by atoms with van der Waals surface area (Å²) in [6.07, 6.45) is -1.20. The zero-order valence-electron chi connectivity index (χ0n) is 9.66. The average Bonchev–Trinajstić information content (AvgIpc) is 2.59. The second-order valence-electron chi connectivity index (χ2n) is 4.29. The summed E-state index contributed by atoms with van der Waals surface area (Å²) in [7, 11) is 0. The molecule has 1 aliphatic heterocycles. The van der Waals surface area contributed by atoms with Crippen LogP contribution in [0.25, 0.3) is 0 Å². The van der Waals surface area contributed by atoms with Gasteiger partial charge in [-0.2, -0.15) is 0 Å². The van der Waals surface area contributed by atoms with Gasteiger partial charge in [0.1, 0.15) is 6.10 Å². The lowest BCUT2D eigenvalue weighted by atomic mass is 10.2. The first kappa shape index (κ1) is 13.0. The van der Waals surface area contributed by atoms with Crippen LogP contribution in [-0.2, 0) is 10.6 Å². The van der Waals surface area contributed by atoms with E-state index in [9.17, 15) is 19.8 Å². The van der Waals surface area contributed by atoms with Crippen molar-refractivity contribution in [1.29, 1.82) is 0 Å². The maximum absolute atomic E-state index is 11.6. The quantitative estimate of drug-likeness (QED) is 0.468. The predicted molar refractivity (Wildman–Crippen MR) is 58.8 cm³/mol. The van der Waals surface area contributed by atoms with Crippen LogP contribution < -0.4 is 11.2 Å². The third-order valence-electron chi connectivity index (χ3n) is 2.92. The van der Waals surface area contributed by atoms with Crippen molar-refractivity contribution in [3.63, 3.8) is 0 Å². The summed E-state index contributed by atoms with van der Waals surface area (Å²) in [6, 6.07) is 0. The molecule has 3 atom stereocenters. The van der Waals surface area contributed by atoms with E-state index < -0.39 is 36.0 Å². The van der Waals surface area contributed by atoms with Gasteiger partial charge < -0.3 is 20.1 Å². The predicted octanol–water partition coefficient (Wildman–Crippen LogP) is -2.41. The highest BCUT2D eigenvalue weighted by Gasteiger charge is 2.46. The van der Waals surface area contributed by atoms with Crippen molar-refractivity contribution in [2.24, 2.45) is 0 Å². The van der Waals surface area contributed by atoms with E-state index in [2.05, 4.69) is 0 Å². The highest BCUT2D eigenvalue weighted by molar-refractivity contribution is 5.03. The van der Waals surface area contributed by atoms with Gasteiger partial charge in [0, 0.05) is 11.8 Å². The van der Waals surface area contributed by atoms with Crippen molar-refractivity contribution in [3.8, 4) is 0 Å². The van der Waals surface area contributed by atoms with Gasteiger partial charge >= 0.3 is 5.69 Å². The molecule has 1 aromatic rings. The fraction of sp³-hybridized carbons (Fsp3) is 0.600. The Balaban J connectivity index is 2.47. The Labute approximate surface area is 101 Å². The molecule has 100 valence electrons. The fourth-order valence-corrected chi connectivity index (χ4v) is 1.91. The minimum Gasteiger partial charge on any atom is -0.394 e. The zero-order valence-corrected chi connectivity index (χ0v) is 9.66. The number of aryl methyl sites for hydroxylation is 1.